The van der Waals surface area contributed by atoms with Crippen LogP contribution in [0.2, 0.25) is 5.02 Å². The zero-order valence-corrected chi connectivity index (χ0v) is 14.5. The predicted octanol–water partition coefficient (Wildman–Crippen LogP) is 2.79. The van der Waals surface area contributed by atoms with E-state index in [-0.39, 0.29) is 16.8 Å². The molecule has 1 atom stereocenters. The van der Waals surface area contributed by atoms with Crippen molar-refractivity contribution in [2.24, 2.45) is 0 Å². The highest BCUT2D eigenvalue weighted by Crippen LogP contribution is 2.26. The molecule has 1 saturated heterocycles. The van der Waals surface area contributed by atoms with Crippen LogP contribution in [0.25, 0.3) is 0 Å². The summed E-state index contributed by atoms with van der Waals surface area (Å²) in [6.45, 7) is 3.84. The molecule has 1 aliphatic rings. The van der Waals surface area contributed by atoms with Crippen molar-refractivity contribution in [3.63, 3.8) is 0 Å². The van der Waals surface area contributed by atoms with Crippen molar-refractivity contribution < 1.29 is 8.42 Å². The monoisotopic (exact) mass is 350 g/mol. The summed E-state index contributed by atoms with van der Waals surface area (Å²) in [6.07, 6.45) is 0.925. The molecule has 1 unspecified atom stereocenters. The number of likely N-dealkylation sites (N-methyl/N-ethyl adjacent to an activating group) is 1. The highest BCUT2D eigenvalue weighted by atomic mass is 35.5. The van der Waals surface area contributed by atoms with E-state index in [0.717, 1.165) is 18.5 Å². The Labute approximate surface area is 136 Å². The fourth-order valence-corrected chi connectivity index (χ4v) is 4.63. The van der Waals surface area contributed by atoms with Crippen molar-refractivity contribution in [3.8, 4) is 0 Å². The highest BCUT2D eigenvalue weighted by molar-refractivity contribution is 7.89. The lowest BCUT2D eigenvalue weighted by atomic mass is 10.1. The van der Waals surface area contributed by atoms with Gasteiger partial charge in [-0.1, -0.05) is 24.6 Å². The van der Waals surface area contributed by atoms with Gasteiger partial charge in [0.05, 0.1) is 4.90 Å². The van der Waals surface area contributed by atoms with Crippen molar-refractivity contribution in [2.45, 2.75) is 30.2 Å². The van der Waals surface area contributed by atoms with Gasteiger partial charge in [-0.2, -0.15) is 4.31 Å². The summed E-state index contributed by atoms with van der Waals surface area (Å²) in [7, 11) is -1.46. The Hall–Kier alpha value is -0.330. The first-order chi connectivity index (χ1) is 9.90. The number of nitrogens with zero attached hydrogens (tertiary/aromatic N) is 2. The predicted molar refractivity (Wildman–Crippen MR) is 86.5 cm³/mol. The number of halogens is 2. The number of hydrogen-bond acceptors (Lipinski definition) is 3. The molecule has 0 amide bonds. The van der Waals surface area contributed by atoms with Crippen molar-refractivity contribution in [2.75, 3.05) is 26.7 Å². The molecule has 1 heterocycles. The Morgan fingerprint density at radius 3 is 2.62 bits per heavy atom. The Kier molecular flexibility index (Phi) is 5.54. The number of alkyl halides is 1. The third-order valence-corrected chi connectivity index (χ3v) is 6.52. The maximum atomic E-state index is 12.7. The molecule has 1 aromatic carbocycles. The van der Waals surface area contributed by atoms with Gasteiger partial charge in [-0.3, -0.25) is 0 Å². The summed E-state index contributed by atoms with van der Waals surface area (Å²) in [4.78, 5) is 2.44. The van der Waals surface area contributed by atoms with E-state index in [4.69, 9.17) is 23.2 Å². The van der Waals surface area contributed by atoms with Crippen LogP contribution in [0.1, 0.15) is 18.9 Å². The standard InChI is InChI=1S/C14H20Cl2N2O2S/c1-3-12-10-18(7-6-17(12)2)21(19,20)13-5-4-11(9-15)14(16)8-13/h4-5,8,12H,3,6-7,9-10H2,1-2H3. The lowest BCUT2D eigenvalue weighted by Crippen LogP contribution is -2.52. The molecule has 1 aliphatic heterocycles. The molecule has 0 aliphatic carbocycles. The molecular formula is C14H20Cl2N2O2S. The Morgan fingerprint density at radius 2 is 2.05 bits per heavy atom. The fourth-order valence-electron chi connectivity index (χ4n) is 2.52. The van der Waals surface area contributed by atoms with Crippen LogP contribution < -0.4 is 0 Å². The minimum absolute atomic E-state index is 0.237. The molecule has 21 heavy (non-hydrogen) atoms. The molecule has 0 bridgehead atoms. The van der Waals surface area contributed by atoms with Crippen molar-refractivity contribution in [3.05, 3.63) is 28.8 Å². The summed E-state index contributed by atoms with van der Waals surface area (Å²) in [5.74, 6) is 0.269. The molecular weight excluding hydrogens is 331 g/mol. The fraction of sp³-hybridized carbons (Fsp3) is 0.571. The maximum absolute atomic E-state index is 12.7. The number of hydrogen-bond donors (Lipinski definition) is 0. The van der Waals surface area contributed by atoms with Crippen LogP contribution in [0.4, 0.5) is 0 Å². The summed E-state index contributed by atoms with van der Waals surface area (Å²) in [5.41, 5.74) is 0.738. The molecule has 0 saturated carbocycles. The van der Waals surface area contributed by atoms with Crippen molar-refractivity contribution in [1.82, 2.24) is 9.21 Å². The van der Waals surface area contributed by atoms with E-state index >= 15 is 0 Å². The minimum atomic E-state index is -3.50. The van der Waals surface area contributed by atoms with Gasteiger partial charge in [-0.05, 0) is 31.2 Å². The van der Waals surface area contributed by atoms with Gasteiger partial charge in [-0.25, -0.2) is 8.42 Å². The lowest BCUT2D eigenvalue weighted by molar-refractivity contribution is 0.144. The summed E-state index contributed by atoms with van der Waals surface area (Å²) in [5, 5.41) is 0.396. The van der Waals surface area contributed by atoms with E-state index in [0.29, 0.717) is 18.1 Å². The average Bonchev–Trinajstić information content (AvgIpc) is 2.47. The van der Waals surface area contributed by atoms with Gasteiger partial charge in [0.15, 0.2) is 0 Å². The minimum Gasteiger partial charge on any atom is -0.301 e. The Morgan fingerprint density at radius 1 is 1.33 bits per heavy atom. The van der Waals surface area contributed by atoms with Gasteiger partial charge in [0.1, 0.15) is 0 Å². The molecule has 1 aromatic rings. The zero-order chi connectivity index (χ0) is 15.6. The molecule has 118 valence electrons. The third kappa shape index (κ3) is 3.54. The van der Waals surface area contributed by atoms with Gasteiger partial charge in [0, 0.05) is 36.6 Å². The lowest BCUT2D eigenvalue weighted by Gasteiger charge is -2.38. The molecule has 2 rings (SSSR count). The second-order valence-corrected chi connectivity index (χ2v) is 7.90. The smallest absolute Gasteiger partial charge is 0.243 e. The summed E-state index contributed by atoms with van der Waals surface area (Å²) >= 11 is 11.8. The Bertz CT molecular complexity index is 607. The van der Waals surface area contributed by atoms with Crippen molar-refractivity contribution in [1.29, 1.82) is 0 Å². The van der Waals surface area contributed by atoms with Crippen LogP contribution in [0.15, 0.2) is 23.1 Å². The molecule has 0 N–H and O–H groups in total. The topological polar surface area (TPSA) is 40.6 Å². The van der Waals surface area contributed by atoms with Crippen LogP contribution in [0, 0.1) is 0 Å². The average molecular weight is 351 g/mol. The van der Waals surface area contributed by atoms with Gasteiger partial charge in [0.25, 0.3) is 0 Å². The van der Waals surface area contributed by atoms with Gasteiger partial charge < -0.3 is 4.90 Å². The normalized spacial score (nSPS) is 21.6. The van der Waals surface area contributed by atoms with Crippen LogP contribution in [0.5, 0.6) is 0 Å². The molecule has 0 aromatic heterocycles. The van der Waals surface area contributed by atoms with E-state index in [1.807, 2.05) is 7.05 Å². The van der Waals surface area contributed by atoms with Crippen LogP contribution >= 0.6 is 23.2 Å². The summed E-state index contributed by atoms with van der Waals surface area (Å²) in [6, 6.07) is 5.01. The zero-order valence-electron chi connectivity index (χ0n) is 12.2. The first-order valence-electron chi connectivity index (χ1n) is 6.95. The third-order valence-electron chi connectivity index (χ3n) is 4.02. The second-order valence-electron chi connectivity index (χ2n) is 5.29. The van der Waals surface area contributed by atoms with E-state index in [2.05, 4.69) is 11.8 Å². The second kappa shape index (κ2) is 6.84. The molecule has 4 nitrogen and oxygen atoms in total. The summed E-state index contributed by atoms with van der Waals surface area (Å²) < 4.78 is 27.0. The van der Waals surface area contributed by atoms with Crippen molar-refractivity contribution >= 4 is 33.2 Å². The van der Waals surface area contributed by atoms with Crippen LogP contribution in [-0.2, 0) is 15.9 Å². The SMILES string of the molecule is CCC1CN(S(=O)(=O)c2ccc(CCl)c(Cl)c2)CCN1C. The number of piperazine rings is 1. The molecule has 7 heteroatoms. The largest absolute Gasteiger partial charge is 0.301 e. The van der Waals surface area contributed by atoms with Crippen LogP contribution in [0.3, 0.4) is 0 Å². The van der Waals surface area contributed by atoms with Gasteiger partial charge >= 0.3 is 0 Å². The van der Waals surface area contributed by atoms with Gasteiger partial charge in [-0.15, -0.1) is 11.6 Å². The maximum Gasteiger partial charge on any atom is 0.243 e. The van der Waals surface area contributed by atoms with E-state index in [1.54, 1.807) is 16.4 Å². The highest BCUT2D eigenvalue weighted by Gasteiger charge is 2.32. The Balaban J connectivity index is 2.27. The molecule has 0 radical (unpaired) electrons. The number of sulfonamides is 1. The van der Waals surface area contributed by atoms with Gasteiger partial charge in [0.2, 0.25) is 10.0 Å². The van der Waals surface area contributed by atoms with E-state index in [1.165, 1.54) is 6.07 Å². The van der Waals surface area contributed by atoms with Crippen LogP contribution in [-0.4, -0.2) is 50.3 Å². The first-order valence-corrected chi connectivity index (χ1v) is 9.30. The first kappa shape index (κ1) is 17.0. The molecule has 0 spiro atoms. The molecule has 1 fully saturated rings. The van der Waals surface area contributed by atoms with E-state index < -0.39 is 10.0 Å². The van der Waals surface area contributed by atoms with E-state index in [9.17, 15) is 8.42 Å². The quantitative estimate of drug-likeness (QED) is 0.784. The number of rotatable bonds is 4. The number of benzene rings is 1.